The molecule has 1 rings (SSSR count). The van der Waals surface area contributed by atoms with Crippen LogP contribution in [0.1, 0.15) is 5.69 Å². The van der Waals surface area contributed by atoms with E-state index in [4.69, 9.17) is 6.42 Å². The highest BCUT2D eigenvalue weighted by atomic mass is 19.4. The van der Waals surface area contributed by atoms with Crippen LogP contribution in [-0.4, -0.2) is 18.3 Å². The van der Waals surface area contributed by atoms with E-state index in [1.54, 1.807) is 5.92 Å². The van der Waals surface area contributed by atoms with Gasteiger partial charge in [-0.1, -0.05) is 12.0 Å². The molecule has 0 aliphatic heterocycles. The minimum atomic E-state index is -4.70. The summed E-state index contributed by atoms with van der Waals surface area (Å²) in [6.45, 7) is 0. The van der Waals surface area contributed by atoms with Crippen molar-refractivity contribution in [1.82, 2.24) is 4.98 Å². The zero-order valence-electron chi connectivity index (χ0n) is 7.88. The molecule has 0 N–H and O–H groups in total. The van der Waals surface area contributed by atoms with E-state index in [1.807, 2.05) is 0 Å². The van der Waals surface area contributed by atoms with Crippen LogP contribution in [0.2, 0.25) is 0 Å². The molecule has 15 heavy (non-hydrogen) atoms. The molecular formula is C10H8F3NO. The molecule has 0 aliphatic rings. The molecule has 0 saturated carbocycles. The first kappa shape index (κ1) is 11.5. The number of terminal acetylenes is 1. The first-order chi connectivity index (χ1) is 6.98. The highest BCUT2D eigenvalue weighted by Crippen LogP contribution is 2.40. The van der Waals surface area contributed by atoms with Crippen LogP contribution in [0.4, 0.5) is 13.2 Å². The lowest BCUT2D eigenvalue weighted by molar-refractivity contribution is -0.252. The van der Waals surface area contributed by atoms with E-state index in [0.717, 1.165) is 7.11 Å². The van der Waals surface area contributed by atoms with Crippen molar-refractivity contribution in [3.05, 3.63) is 30.1 Å². The van der Waals surface area contributed by atoms with Crippen LogP contribution in [0.25, 0.3) is 0 Å². The Morgan fingerprint density at radius 2 is 2.07 bits per heavy atom. The van der Waals surface area contributed by atoms with E-state index in [1.165, 1.54) is 24.4 Å². The molecule has 5 heteroatoms. The van der Waals surface area contributed by atoms with Gasteiger partial charge in [-0.05, 0) is 12.1 Å². The molecule has 0 spiro atoms. The summed E-state index contributed by atoms with van der Waals surface area (Å²) in [5.41, 5.74) is -3.11. The third kappa shape index (κ3) is 1.81. The molecule has 80 valence electrons. The Labute approximate surface area is 85.1 Å². The van der Waals surface area contributed by atoms with Gasteiger partial charge in [0.05, 0.1) is 5.69 Å². The van der Waals surface area contributed by atoms with E-state index in [-0.39, 0.29) is 5.69 Å². The predicted octanol–water partition coefficient (Wildman–Crippen LogP) is 2.12. The third-order valence-corrected chi connectivity index (χ3v) is 1.93. The number of pyridine rings is 1. The summed E-state index contributed by atoms with van der Waals surface area (Å²) in [6.07, 6.45) is 1.43. The lowest BCUT2D eigenvalue weighted by atomic mass is 9.99. The van der Waals surface area contributed by atoms with Gasteiger partial charge >= 0.3 is 6.18 Å². The molecule has 1 aromatic heterocycles. The Hall–Kier alpha value is -1.54. The van der Waals surface area contributed by atoms with Gasteiger partial charge in [0.1, 0.15) is 0 Å². The van der Waals surface area contributed by atoms with Gasteiger partial charge in [-0.25, -0.2) is 0 Å². The standard InChI is InChI=1S/C10H8F3NO/c1-3-9(15-2,10(11,12)13)8-6-4-5-7-14-8/h1,4-7H,2H3. The molecule has 1 aromatic rings. The summed E-state index contributed by atoms with van der Waals surface area (Å²) in [5.74, 6) is 1.61. The number of rotatable bonds is 2. The molecule has 0 bridgehead atoms. The highest BCUT2D eigenvalue weighted by Gasteiger charge is 2.57. The number of hydrogen-bond donors (Lipinski definition) is 0. The van der Waals surface area contributed by atoms with Crippen LogP contribution < -0.4 is 0 Å². The van der Waals surface area contributed by atoms with Gasteiger partial charge in [0, 0.05) is 13.3 Å². The van der Waals surface area contributed by atoms with Crippen LogP contribution in [0.5, 0.6) is 0 Å². The van der Waals surface area contributed by atoms with E-state index < -0.39 is 11.8 Å². The van der Waals surface area contributed by atoms with Crippen LogP contribution in [-0.2, 0) is 10.3 Å². The van der Waals surface area contributed by atoms with Gasteiger partial charge in [0.2, 0.25) is 0 Å². The van der Waals surface area contributed by atoms with Crippen molar-refractivity contribution in [1.29, 1.82) is 0 Å². The second-order valence-electron chi connectivity index (χ2n) is 2.74. The lowest BCUT2D eigenvalue weighted by Crippen LogP contribution is -2.43. The minimum absolute atomic E-state index is 0.345. The highest BCUT2D eigenvalue weighted by molar-refractivity contribution is 5.27. The summed E-state index contributed by atoms with van der Waals surface area (Å²) in [4.78, 5) is 3.57. The summed E-state index contributed by atoms with van der Waals surface area (Å²) >= 11 is 0. The van der Waals surface area contributed by atoms with E-state index in [2.05, 4.69) is 9.72 Å². The van der Waals surface area contributed by atoms with Crippen molar-refractivity contribution in [3.63, 3.8) is 0 Å². The number of aromatic nitrogens is 1. The zero-order chi connectivity index (χ0) is 11.5. The zero-order valence-corrected chi connectivity index (χ0v) is 7.88. The maximum absolute atomic E-state index is 12.8. The molecule has 0 saturated heterocycles. The Balaban J connectivity index is 3.33. The maximum atomic E-state index is 12.8. The molecular weight excluding hydrogens is 207 g/mol. The molecule has 2 nitrogen and oxygen atoms in total. The number of nitrogens with zero attached hydrogens (tertiary/aromatic N) is 1. The normalized spacial score (nSPS) is 15.4. The SMILES string of the molecule is C#CC(OC)(c1ccccn1)C(F)(F)F. The summed E-state index contributed by atoms with van der Waals surface area (Å²) in [5, 5.41) is 0. The van der Waals surface area contributed by atoms with Crippen LogP contribution in [0.15, 0.2) is 24.4 Å². The molecule has 1 atom stereocenters. The average Bonchev–Trinajstić information content (AvgIpc) is 2.20. The van der Waals surface area contributed by atoms with Crippen LogP contribution >= 0.6 is 0 Å². The van der Waals surface area contributed by atoms with E-state index in [0.29, 0.717) is 0 Å². The first-order valence-corrected chi connectivity index (χ1v) is 3.99. The largest absolute Gasteiger partial charge is 0.435 e. The summed E-state index contributed by atoms with van der Waals surface area (Å²) < 4.78 is 42.7. The molecule has 0 fully saturated rings. The minimum Gasteiger partial charge on any atom is -0.352 e. The number of methoxy groups -OCH3 is 1. The third-order valence-electron chi connectivity index (χ3n) is 1.93. The van der Waals surface area contributed by atoms with Crippen molar-refractivity contribution in [2.24, 2.45) is 0 Å². The smallest absolute Gasteiger partial charge is 0.352 e. The van der Waals surface area contributed by atoms with Gasteiger partial charge in [-0.15, -0.1) is 6.42 Å². The van der Waals surface area contributed by atoms with Gasteiger partial charge in [0.25, 0.3) is 5.60 Å². The van der Waals surface area contributed by atoms with Crippen LogP contribution in [0.3, 0.4) is 0 Å². The summed E-state index contributed by atoms with van der Waals surface area (Å²) in [7, 11) is 0.905. The van der Waals surface area contributed by atoms with Gasteiger partial charge in [0.15, 0.2) is 0 Å². The Bertz CT molecular complexity index is 368. The topological polar surface area (TPSA) is 22.1 Å². The maximum Gasteiger partial charge on any atom is 0.435 e. The van der Waals surface area contributed by atoms with Crippen LogP contribution in [0, 0.1) is 12.3 Å². The monoisotopic (exact) mass is 215 g/mol. The fraction of sp³-hybridized carbons (Fsp3) is 0.300. The first-order valence-electron chi connectivity index (χ1n) is 3.99. The van der Waals surface area contributed by atoms with E-state index in [9.17, 15) is 13.2 Å². The Kier molecular flexibility index (Phi) is 3.01. The molecule has 0 radical (unpaired) electrons. The van der Waals surface area contributed by atoms with E-state index >= 15 is 0 Å². The van der Waals surface area contributed by atoms with Gasteiger partial charge < -0.3 is 4.74 Å². The number of halogens is 3. The number of hydrogen-bond acceptors (Lipinski definition) is 2. The molecule has 0 aliphatic carbocycles. The molecule has 1 unspecified atom stereocenters. The fourth-order valence-electron chi connectivity index (χ4n) is 1.15. The lowest BCUT2D eigenvalue weighted by Gasteiger charge is -2.28. The quantitative estimate of drug-likeness (QED) is 0.705. The molecule has 1 heterocycles. The van der Waals surface area contributed by atoms with Crippen molar-refractivity contribution >= 4 is 0 Å². The summed E-state index contributed by atoms with van der Waals surface area (Å²) in [6, 6.07) is 4.09. The Morgan fingerprint density at radius 1 is 1.40 bits per heavy atom. The predicted molar refractivity (Wildman–Crippen MR) is 47.8 cm³/mol. The molecule has 0 amide bonds. The second-order valence-corrected chi connectivity index (χ2v) is 2.74. The fourth-order valence-corrected chi connectivity index (χ4v) is 1.15. The number of ether oxygens (including phenoxy) is 1. The van der Waals surface area contributed by atoms with Gasteiger partial charge in [-0.3, -0.25) is 4.98 Å². The second kappa shape index (κ2) is 3.91. The van der Waals surface area contributed by atoms with Gasteiger partial charge in [-0.2, -0.15) is 13.2 Å². The average molecular weight is 215 g/mol. The van der Waals surface area contributed by atoms with Crippen molar-refractivity contribution in [3.8, 4) is 12.3 Å². The van der Waals surface area contributed by atoms with Crippen molar-refractivity contribution in [2.75, 3.05) is 7.11 Å². The van der Waals surface area contributed by atoms with Crippen molar-refractivity contribution < 1.29 is 17.9 Å². The molecule has 0 aromatic carbocycles. The Morgan fingerprint density at radius 3 is 2.40 bits per heavy atom. The van der Waals surface area contributed by atoms with Crippen molar-refractivity contribution in [2.45, 2.75) is 11.8 Å². The number of alkyl halides is 3.